The minimum atomic E-state index is -0.521. The molecule has 1 aromatic carbocycles. The molecular weight excluding hydrogens is 365 g/mol. The van der Waals surface area contributed by atoms with E-state index < -0.39 is 11.8 Å². The van der Waals surface area contributed by atoms with Crippen molar-refractivity contribution >= 4 is 18.0 Å². The van der Waals surface area contributed by atoms with Crippen LogP contribution in [-0.2, 0) is 17.9 Å². The molecule has 3 rings (SSSR count). The van der Waals surface area contributed by atoms with Crippen molar-refractivity contribution in [3.63, 3.8) is 0 Å². The summed E-state index contributed by atoms with van der Waals surface area (Å²) >= 11 is 0. The number of aromatic nitrogens is 3. The van der Waals surface area contributed by atoms with Gasteiger partial charge < -0.3 is 19.5 Å². The molecule has 2 heterocycles. The van der Waals surface area contributed by atoms with Crippen LogP contribution in [0.4, 0.5) is 14.9 Å². The number of urea groups is 1. The van der Waals surface area contributed by atoms with Crippen LogP contribution >= 0.6 is 0 Å². The van der Waals surface area contributed by atoms with Crippen LogP contribution in [0.2, 0.25) is 0 Å². The van der Waals surface area contributed by atoms with Crippen molar-refractivity contribution in [3.05, 3.63) is 65.1 Å². The Morgan fingerprint density at radius 2 is 2.14 bits per heavy atom. The quantitative estimate of drug-likeness (QED) is 0.631. The Balaban J connectivity index is 1.68. The number of anilines is 1. The Hall–Kier alpha value is -3.49. The fourth-order valence-electron chi connectivity index (χ4n) is 2.75. The van der Waals surface area contributed by atoms with E-state index in [0.717, 1.165) is 11.3 Å². The van der Waals surface area contributed by atoms with E-state index in [1.165, 1.54) is 17.2 Å². The van der Waals surface area contributed by atoms with E-state index in [1.54, 1.807) is 29.1 Å². The van der Waals surface area contributed by atoms with Crippen LogP contribution in [0.5, 0.6) is 0 Å². The standard InChI is InChI=1S/C19H20FN5O3/c1-13-17(14(2)28-23-13)12-25-11-16(9-21-25)22-19(27)24(7-8-26)10-15-5-3-4-6-18(15)20/h3-6,8-9,11H,7,10,12H2,1-2H3,(H,22,27). The number of hydrogen-bond donors (Lipinski definition) is 1. The van der Waals surface area contributed by atoms with Gasteiger partial charge in [-0.15, -0.1) is 0 Å². The monoisotopic (exact) mass is 385 g/mol. The first kappa shape index (κ1) is 19.3. The third-order valence-electron chi connectivity index (χ3n) is 4.29. The number of aryl methyl sites for hydroxylation is 2. The predicted molar refractivity (Wildman–Crippen MR) is 99.2 cm³/mol. The lowest BCUT2D eigenvalue weighted by molar-refractivity contribution is -0.108. The molecule has 3 aromatic rings. The summed E-state index contributed by atoms with van der Waals surface area (Å²) in [5.74, 6) is 0.277. The van der Waals surface area contributed by atoms with Gasteiger partial charge in [-0.3, -0.25) is 4.68 Å². The SMILES string of the molecule is Cc1noc(C)c1Cn1cc(NC(=O)N(CC=O)Cc2ccccc2F)cn1. The van der Waals surface area contributed by atoms with E-state index in [2.05, 4.69) is 15.6 Å². The summed E-state index contributed by atoms with van der Waals surface area (Å²) in [5, 5.41) is 10.8. The van der Waals surface area contributed by atoms with Crippen LogP contribution in [0.1, 0.15) is 22.6 Å². The van der Waals surface area contributed by atoms with Gasteiger partial charge in [0.05, 0.1) is 37.2 Å². The van der Waals surface area contributed by atoms with Crippen molar-refractivity contribution in [2.24, 2.45) is 0 Å². The number of halogens is 1. The molecular formula is C19H20FN5O3. The molecule has 9 heteroatoms. The molecule has 2 amide bonds. The second-order valence-corrected chi connectivity index (χ2v) is 6.30. The first-order chi connectivity index (χ1) is 13.5. The number of amides is 2. The van der Waals surface area contributed by atoms with Crippen LogP contribution < -0.4 is 5.32 Å². The van der Waals surface area contributed by atoms with E-state index in [9.17, 15) is 14.0 Å². The van der Waals surface area contributed by atoms with Gasteiger partial charge in [0, 0.05) is 17.3 Å². The maximum absolute atomic E-state index is 13.9. The van der Waals surface area contributed by atoms with E-state index >= 15 is 0 Å². The zero-order valence-electron chi connectivity index (χ0n) is 15.6. The normalized spacial score (nSPS) is 10.7. The molecule has 8 nitrogen and oxygen atoms in total. The molecule has 0 saturated carbocycles. The van der Waals surface area contributed by atoms with Crippen LogP contribution in [-0.4, -0.2) is 38.7 Å². The number of rotatable bonds is 7. The van der Waals surface area contributed by atoms with E-state index in [-0.39, 0.29) is 13.1 Å². The second-order valence-electron chi connectivity index (χ2n) is 6.30. The Morgan fingerprint density at radius 1 is 1.36 bits per heavy atom. The minimum absolute atomic E-state index is 0.0234. The second kappa shape index (κ2) is 8.47. The molecule has 0 radical (unpaired) electrons. The highest BCUT2D eigenvalue weighted by Gasteiger charge is 2.17. The van der Waals surface area contributed by atoms with Gasteiger partial charge in [0.2, 0.25) is 0 Å². The van der Waals surface area contributed by atoms with Gasteiger partial charge in [0.25, 0.3) is 0 Å². The lowest BCUT2D eigenvalue weighted by Gasteiger charge is -2.20. The topological polar surface area (TPSA) is 93.3 Å². The van der Waals surface area contributed by atoms with Gasteiger partial charge >= 0.3 is 6.03 Å². The molecule has 0 atom stereocenters. The zero-order valence-corrected chi connectivity index (χ0v) is 15.6. The molecule has 28 heavy (non-hydrogen) atoms. The first-order valence-corrected chi connectivity index (χ1v) is 8.65. The van der Waals surface area contributed by atoms with Gasteiger partial charge in [0.1, 0.15) is 17.9 Å². The van der Waals surface area contributed by atoms with E-state index in [0.29, 0.717) is 29.8 Å². The van der Waals surface area contributed by atoms with Crippen molar-refractivity contribution in [2.75, 3.05) is 11.9 Å². The lowest BCUT2D eigenvalue weighted by Crippen LogP contribution is -2.36. The largest absolute Gasteiger partial charge is 0.361 e. The zero-order chi connectivity index (χ0) is 20.1. The van der Waals surface area contributed by atoms with Gasteiger partial charge in [0.15, 0.2) is 0 Å². The fraction of sp³-hybridized carbons (Fsp3) is 0.263. The van der Waals surface area contributed by atoms with Gasteiger partial charge in [-0.2, -0.15) is 5.10 Å². The van der Waals surface area contributed by atoms with E-state index in [1.807, 2.05) is 13.8 Å². The number of aldehydes is 1. The number of nitrogens with one attached hydrogen (secondary N) is 1. The van der Waals surface area contributed by atoms with Crippen molar-refractivity contribution in [1.82, 2.24) is 19.8 Å². The lowest BCUT2D eigenvalue weighted by atomic mass is 10.2. The summed E-state index contributed by atoms with van der Waals surface area (Å²) in [7, 11) is 0. The number of hydrogen-bond acceptors (Lipinski definition) is 5. The Labute approximate surface area is 160 Å². The van der Waals surface area contributed by atoms with Gasteiger partial charge in [-0.1, -0.05) is 23.4 Å². The minimum Gasteiger partial charge on any atom is -0.361 e. The first-order valence-electron chi connectivity index (χ1n) is 8.65. The van der Waals surface area contributed by atoms with Gasteiger partial charge in [-0.25, -0.2) is 9.18 Å². The molecule has 0 spiro atoms. The molecule has 0 saturated heterocycles. The smallest absolute Gasteiger partial charge is 0.322 e. The third kappa shape index (κ3) is 4.43. The maximum atomic E-state index is 13.9. The maximum Gasteiger partial charge on any atom is 0.322 e. The summed E-state index contributed by atoms with van der Waals surface area (Å²) in [6.07, 6.45) is 3.76. The molecule has 0 aliphatic carbocycles. The number of nitrogens with zero attached hydrogens (tertiary/aromatic N) is 4. The predicted octanol–water partition coefficient (Wildman–Crippen LogP) is 2.91. The molecule has 0 bridgehead atoms. The molecule has 0 unspecified atom stereocenters. The van der Waals surface area contributed by atoms with Crippen LogP contribution in [0, 0.1) is 19.7 Å². The highest BCUT2D eigenvalue weighted by Crippen LogP contribution is 2.16. The molecule has 0 aliphatic heterocycles. The summed E-state index contributed by atoms with van der Waals surface area (Å²) in [5.41, 5.74) is 2.48. The number of benzene rings is 1. The van der Waals surface area contributed by atoms with E-state index in [4.69, 9.17) is 4.52 Å². The fourth-order valence-corrected chi connectivity index (χ4v) is 2.75. The summed E-state index contributed by atoms with van der Waals surface area (Å²) < 4.78 is 20.6. The summed E-state index contributed by atoms with van der Waals surface area (Å²) in [4.78, 5) is 24.7. The third-order valence-corrected chi connectivity index (χ3v) is 4.29. The number of carbonyl (C=O) groups is 2. The van der Waals surface area contributed by atoms with Crippen molar-refractivity contribution in [2.45, 2.75) is 26.9 Å². The van der Waals surface area contributed by atoms with Crippen LogP contribution in [0.3, 0.4) is 0 Å². The summed E-state index contributed by atoms with van der Waals surface area (Å²) in [6, 6.07) is 5.60. The van der Waals surface area contributed by atoms with Crippen molar-refractivity contribution < 1.29 is 18.5 Å². The Bertz CT molecular complexity index is 962. The van der Waals surface area contributed by atoms with Crippen LogP contribution in [0.15, 0.2) is 41.2 Å². The Kier molecular flexibility index (Phi) is 5.83. The molecule has 0 aliphatic rings. The highest BCUT2D eigenvalue weighted by atomic mass is 19.1. The van der Waals surface area contributed by atoms with Crippen molar-refractivity contribution in [3.8, 4) is 0 Å². The summed E-state index contributed by atoms with van der Waals surface area (Å²) in [6.45, 7) is 3.93. The van der Waals surface area contributed by atoms with Crippen molar-refractivity contribution in [1.29, 1.82) is 0 Å². The molecule has 0 fully saturated rings. The number of carbonyl (C=O) groups excluding carboxylic acids is 2. The average Bonchev–Trinajstić information content (AvgIpc) is 3.24. The van der Waals surface area contributed by atoms with Gasteiger partial charge in [-0.05, 0) is 19.9 Å². The molecule has 146 valence electrons. The average molecular weight is 385 g/mol. The molecule has 2 aromatic heterocycles. The van der Waals surface area contributed by atoms with Crippen LogP contribution in [0.25, 0.3) is 0 Å². The Morgan fingerprint density at radius 3 is 2.82 bits per heavy atom. The highest BCUT2D eigenvalue weighted by molar-refractivity contribution is 5.90. The molecule has 1 N–H and O–H groups in total.